The fraction of sp³-hybridized carbons (Fsp3) is 0.444. The average molecular weight is 183 g/mol. The highest BCUT2D eigenvalue weighted by atomic mass is 16.5. The molecule has 1 rings (SSSR count). The van der Waals surface area contributed by atoms with Gasteiger partial charge in [-0.15, -0.1) is 0 Å². The van der Waals surface area contributed by atoms with Crippen molar-refractivity contribution in [1.29, 1.82) is 0 Å². The minimum Gasteiger partial charge on any atom is -0.503 e. The first kappa shape index (κ1) is 9.64. The van der Waals surface area contributed by atoms with Crippen LogP contribution in [0.15, 0.2) is 17.1 Å². The molecular formula is C9H13NO3. The highest BCUT2D eigenvalue weighted by molar-refractivity contribution is 5.19. The number of nitrogens with zero attached hydrogens (tertiary/aromatic N) is 1. The van der Waals surface area contributed by atoms with E-state index in [4.69, 9.17) is 5.11 Å². The second-order valence-corrected chi connectivity index (χ2v) is 3.46. The Hall–Kier alpha value is -1.45. The predicted molar refractivity (Wildman–Crippen MR) is 48.1 cm³/mol. The maximum absolute atomic E-state index is 11.0. The molecule has 72 valence electrons. The fourth-order valence-corrected chi connectivity index (χ4v) is 1.12. The summed E-state index contributed by atoms with van der Waals surface area (Å²) < 4.78 is 0.788. The SMILES string of the molecule is CC(C)Cc1cc(=O)c(O)cn1O. The zero-order chi connectivity index (χ0) is 10.0. The second kappa shape index (κ2) is 3.51. The second-order valence-electron chi connectivity index (χ2n) is 3.46. The largest absolute Gasteiger partial charge is 0.503 e. The first-order valence-corrected chi connectivity index (χ1v) is 4.14. The Morgan fingerprint density at radius 2 is 2.15 bits per heavy atom. The predicted octanol–water partition coefficient (Wildman–Crippen LogP) is 0.990. The number of rotatable bonds is 2. The first-order chi connectivity index (χ1) is 6.00. The lowest BCUT2D eigenvalue weighted by atomic mass is 10.1. The van der Waals surface area contributed by atoms with Crippen LogP contribution in [-0.4, -0.2) is 15.0 Å². The average Bonchev–Trinajstić information content (AvgIpc) is 1.99. The molecule has 2 N–H and O–H groups in total. The summed E-state index contributed by atoms with van der Waals surface area (Å²) in [5, 5.41) is 18.2. The number of aromatic hydroxyl groups is 1. The Morgan fingerprint density at radius 3 is 2.69 bits per heavy atom. The van der Waals surface area contributed by atoms with E-state index in [1.54, 1.807) is 0 Å². The highest BCUT2D eigenvalue weighted by Crippen LogP contribution is 2.07. The maximum Gasteiger partial charge on any atom is 0.223 e. The van der Waals surface area contributed by atoms with E-state index in [0.717, 1.165) is 10.9 Å². The molecule has 4 nitrogen and oxygen atoms in total. The van der Waals surface area contributed by atoms with Crippen molar-refractivity contribution in [3.8, 4) is 5.75 Å². The van der Waals surface area contributed by atoms with Crippen LogP contribution in [0.1, 0.15) is 19.5 Å². The van der Waals surface area contributed by atoms with Gasteiger partial charge < -0.3 is 10.3 Å². The molecule has 0 aromatic carbocycles. The lowest BCUT2D eigenvalue weighted by Gasteiger charge is -2.08. The van der Waals surface area contributed by atoms with Gasteiger partial charge in [-0.25, -0.2) is 0 Å². The molecule has 0 amide bonds. The molecule has 0 aliphatic heterocycles. The summed E-state index contributed by atoms with van der Waals surface area (Å²) in [6.07, 6.45) is 1.62. The van der Waals surface area contributed by atoms with E-state index < -0.39 is 11.2 Å². The van der Waals surface area contributed by atoms with Crippen molar-refractivity contribution in [1.82, 2.24) is 4.73 Å². The lowest BCUT2D eigenvalue weighted by Crippen LogP contribution is -2.11. The van der Waals surface area contributed by atoms with Crippen molar-refractivity contribution in [2.24, 2.45) is 5.92 Å². The minimum absolute atomic E-state index is 0.349. The lowest BCUT2D eigenvalue weighted by molar-refractivity contribution is 0.169. The van der Waals surface area contributed by atoms with Crippen molar-refractivity contribution >= 4 is 0 Å². The third kappa shape index (κ3) is 2.24. The van der Waals surface area contributed by atoms with Crippen LogP contribution < -0.4 is 5.43 Å². The Bertz CT molecular complexity index is 354. The molecule has 0 spiro atoms. The van der Waals surface area contributed by atoms with Crippen LogP contribution >= 0.6 is 0 Å². The molecule has 0 aliphatic rings. The Morgan fingerprint density at radius 1 is 1.54 bits per heavy atom. The molecule has 0 aliphatic carbocycles. The topological polar surface area (TPSA) is 62.5 Å². The van der Waals surface area contributed by atoms with Gasteiger partial charge in [0.25, 0.3) is 0 Å². The zero-order valence-electron chi connectivity index (χ0n) is 7.69. The van der Waals surface area contributed by atoms with Crippen molar-refractivity contribution in [3.05, 3.63) is 28.2 Å². The maximum atomic E-state index is 11.0. The van der Waals surface area contributed by atoms with E-state index in [-0.39, 0.29) is 0 Å². The van der Waals surface area contributed by atoms with Gasteiger partial charge in [-0.1, -0.05) is 13.8 Å². The third-order valence-corrected chi connectivity index (χ3v) is 1.71. The molecule has 0 fully saturated rings. The normalized spacial score (nSPS) is 10.7. The number of aromatic nitrogens is 1. The minimum atomic E-state index is -0.457. The van der Waals surface area contributed by atoms with Gasteiger partial charge in [-0.3, -0.25) is 4.79 Å². The van der Waals surface area contributed by atoms with Crippen LogP contribution in [0, 0.1) is 5.92 Å². The van der Waals surface area contributed by atoms with Gasteiger partial charge in [0.05, 0.1) is 11.9 Å². The van der Waals surface area contributed by atoms with Crippen LogP contribution in [-0.2, 0) is 6.42 Å². The van der Waals surface area contributed by atoms with Crippen LogP contribution in [0.5, 0.6) is 5.75 Å². The molecule has 13 heavy (non-hydrogen) atoms. The van der Waals surface area contributed by atoms with Crippen molar-refractivity contribution in [3.63, 3.8) is 0 Å². The Kier molecular flexibility index (Phi) is 2.60. The number of hydrogen-bond donors (Lipinski definition) is 2. The van der Waals surface area contributed by atoms with Crippen LogP contribution in [0.2, 0.25) is 0 Å². The van der Waals surface area contributed by atoms with E-state index >= 15 is 0 Å². The summed E-state index contributed by atoms with van der Waals surface area (Å²) >= 11 is 0. The third-order valence-electron chi connectivity index (χ3n) is 1.71. The van der Waals surface area contributed by atoms with Gasteiger partial charge in [0.15, 0.2) is 5.75 Å². The van der Waals surface area contributed by atoms with Gasteiger partial charge in [-0.2, -0.15) is 4.73 Å². The first-order valence-electron chi connectivity index (χ1n) is 4.14. The molecule has 0 bridgehead atoms. The van der Waals surface area contributed by atoms with Crippen molar-refractivity contribution in [2.45, 2.75) is 20.3 Å². The molecular weight excluding hydrogens is 170 g/mol. The van der Waals surface area contributed by atoms with Crippen LogP contribution in [0.4, 0.5) is 0 Å². The van der Waals surface area contributed by atoms with Crippen molar-refractivity contribution < 1.29 is 10.3 Å². The Balaban J connectivity index is 3.09. The van der Waals surface area contributed by atoms with Crippen LogP contribution in [0.3, 0.4) is 0 Å². The highest BCUT2D eigenvalue weighted by Gasteiger charge is 2.06. The van der Waals surface area contributed by atoms with Gasteiger partial charge in [0, 0.05) is 6.07 Å². The Labute approximate surface area is 76.0 Å². The zero-order valence-corrected chi connectivity index (χ0v) is 7.69. The molecule has 1 aromatic rings. The molecule has 0 radical (unpaired) electrons. The van der Waals surface area contributed by atoms with Gasteiger partial charge in [0.1, 0.15) is 0 Å². The van der Waals surface area contributed by atoms with Crippen LogP contribution in [0.25, 0.3) is 0 Å². The molecule has 0 saturated heterocycles. The van der Waals surface area contributed by atoms with E-state index in [0.29, 0.717) is 18.0 Å². The van der Waals surface area contributed by atoms with E-state index in [9.17, 15) is 10.0 Å². The molecule has 0 atom stereocenters. The smallest absolute Gasteiger partial charge is 0.223 e. The summed E-state index contributed by atoms with van der Waals surface area (Å²) in [6.45, 7) is 3.97. The fourth-order valence-electron chi connectivity index (χ4n) is 1.12. The molecule has 0 unspecified atom stereocenters. The standard InChI is InChI=1S/C9H13NO3/c1-6(2)3-7-4-8(11)9(12)5-10(7)13/h4-6,12-13H,3H2,1-2H3. The summed E-state index contributed by atoms with van der Waals surface area (Å²) in [5.41, 5.74) is 0.0544. The summed E-state index contributed by atoms with van der Waals surface area (Å²) in [7, 11) is 0. The van der Waals surface area contributed by atoms with Gasteiger partial charge in [0.2, 0.25) is 5.43 Å². The van der Waals surface area contributed by atoms with Gasteiger partial charge in [-0.05, 0) is 12.3 Å². The monoisotopic (exact) mass is 183 g/mol. The summed E-state index contributed by atoms with van der Waals surface area (Å²) in [6, 6.07) is 1.25. The molecule has 0 saturated carbocycles. The summed E-state index contributed by atoms with van der Waals surface area (Å²) in [5.74, 6) is -0.0858. The number of pyridine rings is 1. The summed E-state index contributed by atoms with van der Waals surface area (Å²) in [4.78, 5) is 11.0. The molecule has 1 aromatic heterocycles. The molecule has 4 heteroatoms. The van der Waals surface area contributed by atoms with Crippen molar-refractivity contribution in [2.75, 3.05) is 0 Å². The number of hydrogen-bond acceptors (Lipinski definition) is 3. The van der Waals surface area contributed by atoms with E-state index in [1.165, 1.54) is 6.07 Å². The van der Waals surface area contributed by atoms with E-state index in [1.807, 2.05) is 13.8 Å². The molecule has 1 heterocycles. The van der Waals surface area contributed by atoms with E-state index in [2.05, 4.69) is 0 Å². The quantitative estimate of drug-likeness (QED) is 0.672. The van der Waals surface area contributed by atoms with Gasteiger partial charge >= 0.3 is 0 Å².